The fourth-order valence-corrected chi connectivity index (χ4v) is 3.84. The van der Waals surface area contributed by atoms with Gasteiger partial charge in [-0.2, -0.15) is 0 Å². The normalized spacial score (nSPS) is 17.6. The molecule has 0 aromatic heterocycles. The molecule has 0 aliphatic carbocycles. The lowest BCUT2D eigenvalue weighted by Crippen LogP contribution is -2.48. The van der Waals surface area contributed by atoms with E-state index in [0.29, 0.717) is 31.5 Å². The van der Waals surface area contributed by atoms with Crippen molar-refractivity contribution in [2.24, 2.45) is 0 Å². The van der Waals surface area contributed by atoms with Crippen LogP contribution < -0.4 is 5.32 Å². The number of sulfonamides is 1. The van der Waals surface area contributed by atoms with Gasteiger partial charge in [-0.15, -0.1) is 0 Å². The van der Waals surface area contributed by atoms with Crippen LogP contribution in [0.15, 0.2) is 24.3 Å². The number of hydrogen-bond donors (Lipinski definition) is 1. The van der Waals surface area contributed by atoms with E-state index < -0.39 is 15.3 Å². The molecular weight excluding hydrogens is 300 g/mol. The topological polar surface area (TPSA) is 66.5 Å². The molecule has 1 saturated heterocycles. The van der Waals surface area contributed by atoms with E-state index in [0.717, 1.165) is 5.56 Å². The summed E-state index contributed by atoms with van der Waals surface area (Å²) in [6.07, 6.45) is 1.31. The lowest BCUT2D eigenvalue weighted by atomic mass is 10.1. The first-order chi connectivity index (χ1) is 10.3. The van der Waals surface area contributed by atoms with Gasteiger partial charge < -0.3 is 5.32 Å². The smallest absolute Gasteiger partial charge is 0.251 e. The molecule has 2 rings (SSSR count). The van der Waals surface area contributed by atoms with Crippen LogP contribution in [0.25, 0.3) is 0 Å². The Kier molecular flexibility index (Phi) is 5.24. The molecule has 0 unspecified atom stereocenters. The first-order valence-electron chi connectivity index (χ1n) is 7.67. The first-order valence-corrected chi connectivity index (χ1v) is 9.17. The van der Waals surface area contributed by atoms with Gasteiger partial charge in [0.25, 0.3) is 5.91 Å². The molecule has 0 atom stereocenters. The van der Waals surface area contributed by atoms with Gasteiger partial charge in [0.2, 0.25) is 10.0 Å². The number of aryl methyl sites for hydroxylation is 1. The van der Waals surface area contributed by atoms with Crippen LogP contribution in [0.3, 0.4) is 0 Å². The highest BCUT2D eigenvalue weighted by Gasteiger charge is 2.30. The van der Waals surface area contributed by atoms with E-state index in [1.54, 1.807) is 13.8 Å². The molecule has 0 radical (unpaired) electrons. The van der Waals surface area contributed by atoms with Crippen molar-refractivity contribution >= 4 is 15.9 Å². The monoisotopic (exact) mass is 324 g/mol. The highest BCUT2D eigenvalue weighted by atomic mass is 32.2. The Morgan fingerprint density at radius 2 is 1.73 bits per heavy atom. The number of piperidine rings is 1. The quantitative estimate of drug-likeness (QED) is 0.920. The summed E-state index contributed by atoms with van der Waals surface area (Å²) in [6, 6.07) is 7.47. The van der Waals surface area contributed by atoms with E-state index in [1.165, 1.54) is 4.31 Å². The van der Waals surface area contributed by atoms with E-state index in [9.17, 15) is 13.2 Å². The zero-order chi connectivity index (χ0) is 16.3. The maximum Gasteiger partial charge on any atom is 0.251 e. The van der Waals surface area contributed by atoms with Gasteiger partial charge in [-0.3, -0.25) is 4.79 Å². The van der Waals surface area contributed by atoms with Crippen LogP contribution in [0.1, 0.15) is 42.6 Å². The van der Waals surface area contributed by atoms with Gasteiger partial charge in [0.15, 0.2) is 0 Å². The van der Waals surface area contributed by atoms with Crippen LogP contribution in [0, 0.1) is 6.92 Å². The van der Waals surface area contributed by atoms with Gasteiger partial charge in [0.1, 0.15) is 0 Å². The molecule has 122 valence electrons. The molecule has 0 bridgehead atoms. The van der Waals surface area contributed by atoms with Crippen molar-refractivity contribution < 1.29 is 13.2 Å². The van der Waals surface area contributed by atoms with Gasteiger partial charge in [0, 0.05) is 24.7 Å². The number of benzene rings is 1. The maximum atomic E-state index is 12.2. The third kappa shape index (κ3) is 3.87. The largest absolute Gasteiger partial charge is 0.349 e. The average molecular weight is 324 g/mol. The SMILES string of the molecule is Cc1ccc(C(=O)NC2CCN(S(=O)(=O)C(C)C)CC2)cc1. The highest BCUT2D eigenvalue weighted by molar-refractivity contribution is 7.89. The Morgan fingerprint density at radius 3 is 2.23 bits per heavy atom. The van der Waals surface area contributed by atoms with Crippen LogP contribution in [0.5, 0.6) is 0 Å². The van der Waals surface area contributed by atoms with E-state index in [4.69, 9.17) is 0 Å². The van der Waals surface area contributed by atoms with Gasteiger partial charge >= 0.3 is 0 Å². The van der Waals surface area contributed by atoms with Gasteiger partial charge in [-0.05, 0) is 45.7 Å². The number of nitrogens with one attached hydrogen (secondary N) is 1. The summed E-state index contributed by atoms with van der Waals surface area (Å²) in [4.78, 5) is 12.2. The Labute approximate surface area is 132 Å². The van der Waals surface area contributed by atoms with E-state index in [2.05, 4.69) is 5.32 Å². The minimum atomic E-state index is -3.19. The Balaban J connectivity index is 1.90. The molecule has 0 saturated carbocycles. The summed E-state index contributed by atoms with van der Waals surface area (Å²) in [5.74, 6) is -0.0924. The van der Waals surface area contributed by atoms with Crippen molar-refractivity contribution in [2.45, 2.75) is 44.9 Å². The maximum absolute atomic E-state index is 12.2. The predicted octanol–water partition coefficient (Wildman–Crippen LogP) is 1.93. The van der Waals surface area contributed by atoms with E-state index in [-0.39, 0.29) is 11.9 Å². The molecule has 1 fully saturated rings. The molecule has 1 heterocycles. The minimum Gasteiger partial charge on any atom is -0.349 e. The third-order valence-electron chi connectivity index (χ3n) is 4.06. The second kappa shape index (κ2) is 6.79. The van der Waals surface area contributed by atoms with E-state index >= 15 is 0 Å². The minimum absolute atomic E-state index is 0.0346. The number of carbonyl (C=O) groups excluding carboxylic acids is 1. The van der Waals surface area contributed by atoms with Crippen molar-refractivity contribution in [2.75, 3.05) is 13.1 Å². The second-order valence-electron chi connectivity index (χ2n) is 6.11. The van der Waals surface area contributed by atoms with Gasteiger partial charge in [-0.1, -0.05) is 17.7 Å². The van der Waals surface area contributed by atoms with Crippen molar-refractivity contribution in [1.29, 1.82) is 0 Å². The van der Waals surface area contributed by atoms with Crippen molar-refractivity contribution in [3.8, 4) is 0 Å². The molecule has 6 heteroatoms. The molecule has 1 amide bonds. The van der Waals surface area contributed by atoms with Gasteiger partial charge in [0.05, 0.1) is 5.25 Å². The highest BCUT2D eigenvalue weighted by Crippen LogP contribution is 2.17. The summed E-state index contributed by atoms with van der Waals surface area (Å²) in [5, 5.41) is 2.60. The van der Waals surface area contributed by atoms with Crippen molar-refractivity contribution in [1.82, 2.24) is 9.62 Å². The van der Waals surface area contributed by atoms with Crippen LogP contribution >= 0.6 is 0 Å². The number of hydrogen-bond acceptors (Lipinski definition) is 3. The summed E-state index contributed by atoms with van der Waals surface area (Å²) in [7, 11) is -3.19. The summed E-state index contributed by atoms with van der Waals surface area (Å²) in [5.41, 5.74) is 1.76. The average Bonchev–Trinajstić information content (AvgIpc) is 2.48. The first kappa shape index (κ1) is 17.0. The molecule has 1 aliphatic rings. The lowest BCUT2D eigenvalue weighted by Gasteiger charge is -2.32. The van der Waals surface area contributed by atoms with Crippen LogP contribution in [-0.4, -0.2) is 43.0 Å². The van der Waals surface area contributed by atoms with Gasteiger partial charge in [-0.25, -0.2) is 12.7 Å². The fraction of sp³-hybridized carbons (Fsp3) is 0.562. The van der Waals surface area contributed by atoms with Crippen LogP contribution in [0.2, 0.25) is 0 Å². The Hall–Kier alpha value is -1.40. The fourth-order valence-electron chi connectivity index (χ4n) is 2.53. The zero-order valence-corrected chi connectivity index (χ0v) is 14.2. The molecule has 1 N–H and O–H groups in total. The summed E-state index contributed by atoms with van der Waals surface area (Å²) in [6.45, 7) is 6.31. The molecule has 5 nitrogen and oxygen atoms in total. The zero-order valence-electron chi connectivity index (χ0n) is 13.4. The molecule has 1 aliphatic heterocycles. The van der Waals surface area contributed by atoms with Crippen molar-refractivity contribution in [3.63, 3.8) is 0 Å². The molecular formula is C16H24N2O3S. The Bertz CT molecular complexity index is 615. The van der Waals surface area contributed by atoms with E-state index in [1.807, 2.05) is 31.2 Å². The predicted molar refractivity (Wildman–Crippen MR) is 87.3 cm³/mol. The summed E-state index contributed by atoms with van der Waals surface area (Å²) < 4.78 is 25.7. The lowest BCUT2D eigenvalue weighted by molar-refractivity contribution is 0.0923. The number of carbonyl (C=O) groups is 1. The van der Waals surface area contributed by atoms with Crippen LogP contribution in [-0.2, 0) is 10.0 Å². The van der Waals surface area contributed by atoms with Crippen molar-refractivity contribution in [3.05, 3.63) is 35.4 Å². The summed E-state index contributed by atoms with van der Waals surface area (Å²) >= 11 is 0. The molecule has 1 aromatic carbocycles. The Morgan fingerprint density at radius 1 is 1.18 bits per heavy atom. The third-order valence-corrected chi connectivity index (χ3v) is 6.33. The number of amides is 1. The standard InChI is InChI=1S/C16H24N2O3S/c1-12(2)22(20,21)18-10-8-15(9-11-18)17-16(19)14-6-4-13(3)5-7-14/h4-7,12,15H,8-11H2,1-3H3,(H,17,19). The molecule has 1 aromatic rings. The van der Waals surface area contributed by atoms with Crippen LogP contribution in [0.4, 0.5) is 0 Å². The number of rotatable bonds is 4. The molecule has 0 spiro atoms. The second-order valence-corrected chi connectivity index (χ2v) is 8.60. The number of nitrogens with zero attached hydrogens (tertiary/aromatic N) is 1. The molecule has 22 heavy (non-hydrogen) atoms.